The number of hydrogen-bond donors (Lipinski definition) is 2. The molecule has 0 bridgehead atoms. The highest BCUT2D eigenvalue weighted by atomic mass is 35.5. The number of amides is 2. The third kappa shape index (κ3) is 5.29. The Balaban J connectivity index is 0.00000242. The van der Waals surface area contributed by atoms with Gasteiger partial charge >= 0.3 is 0 Å². The van der Waals surface area contributed by atoms with Crippen molar-refractivity contribution >= 4 is 29.9 Å². The van der Waals surface area contributed by atoms with Gasteiger partial charge in [0.25, 0.3) is 5.91 Å². The molecule has 1 heterocycles. The predicted octanol–water partition coefficient (Wildman–Crippen LogP) is 1.13. The Kier molecular flexibility index (Phi) is 7.87. The van der Waals surface area contributed by atoms with E-state index in [0.717, 1.165) is 0 Å². The number of nitrogens with zero attached hydrogens (tertiary/aromatic N) is 1. The highest BCUT2D eigenvalue weighted by molar-refractivity contribution is 5.95. The first-order valence-electron chi connectivity index (χ1n) is 7.12. The molecule has 0 unspecified atom stereocenters. The van der Waals surface area contributed by atoms with Gasteiger partial charge in [-0.1, -0.05) is 0 Å². The van der Waals surface area contributed by atoms with Gasteiger partial charge in [0.2, 0.25) is 5.91 Å². The third-order valence-electron chi connectivity index (χ3n) is 3.32. The molecule has 0 aliphatic carbocycles. The fourth-order valence-corrected chi connectivity index (χ4v) is 2.11. The fourth-order valence-electron chi connectivity index (χ4n) is 2.11. The van der Waals surface area contributed by atoms with Gasteiger partial charge in [-0.05, 0) is 31.3 Å². The molecule has 0 aromatic heterocycles. The Labute approximate surface area is 136 Å². The van der Waals surface area contributed by atoms with Crippen molar-refractivity contribution in [2.75, 3.05) is 45.2 Å². The quantitative estimate of drug-likeness (QED) is 0.850. The van der Waals surface area contributed by atoms with Crippen LogP contribution in [0.1, 0.15) is 16.8 Å². The molecular formula is C15H22ClN3O3. The lowest BCUT2D eigenvalue weighted by Gasteiger charge is -2.26. The number of rotatable bonds is 5. The highest BCUT2D eigenvalue weighted by Gasteiger charge is 2.18. The summed E-state index contributed by atoms with van der Waals surface area (Å²) < 4.78 is 5.23. The Bertz CT molecular complexity index is 487. The summed E-state index contributed by atoms with van der Waals surface area (Å²) in [5, 5.41) is 5.72. The molecule has 0 atom stereocenters. The number of ether oxygens (including phenoxy) is 1. The van der Waals surface area contributed by atoms with Crippen molar-refractivity contribution in [2.45, 2.75) is 6.42 Å². The van der Waals surface area contributed by atoms with Crippen molar-refractivity contribution in [3.05, 3.63) is 29.8 Å². The van der Waals surface area contributed by atoms with E-state index in [-0.39, 0.29) is 24.2 Å². The molecule has 1 aromatic rings. The first-order chi connectivity index (χ1) is 10.2. The zero-order valence-corrected chi connectivity index (χ0v) is 13.4. The van der Waals surface area contributed by atoms with Crippen LogP contribution in [-0.4, -0.2) is 56.6 Å². The largest absolute Gasteiger partial charge is 0.378 e. The number of morpholine rings is 1. The van der Waals surface area contributed by atoms with E-state index in [9.17, 15) is 9.59 Å². The number of benzene rings is 1. The second-order valence-electron chi connectivity index (χ2n) is 4.88. The predicted molar refractivity (Wildman–Crippen MR) is 87.6 cm³/mol. The first-order valence-corrected chi connectivity index (χ1v) is 7.12. The van der Waals surface area contributed by atoms with E-state index in [1.54, 1.807) is 36.2 Å². The van der Waals surface area contributed by atoms with Crippen molar-refractivity contribution in [2.24, 2.45) is 0 Å². The summed E-state index contributed by atoms with van der Waals surface area (Å²) in [6.07, 6.45) is 0.422. The van der Waals surface area contributed by atoms with Crippen LogP contribution in [0.2, 0.25) is 0 Å². The van der Waals surface area contributed by atoms with E-state index in [1.807, 2.05) is 0 Å². The van der Waals surface area contributed by atoms with E-state index < -0.39 is 0 Å². The van der Waals surface area contributed by atoms with Crippen LogP contribution in [0.4, 0.5) is 5.69 Å². The summed E-state index contributed by atoms with van der Waals surface area (Å²) in [5.41, 5.74) is 1.33. The van der Waals surface area contributed by atoms with Crippen molar-refractivity contribution < 1.29 is 14.3 Å². The molecule has 0 radical (unpaired) electrons. The smallest absolute Gasteiger partial charge is 0.254 e. The molecular weight excluding hydrogens is 306 g/mol. The maximum atomic E-state index is 12.2. The topological polar surface area (TPSA) is 70.7 Å². The number of carbonyl (C=O) groups is 2. The number of halogens is 1. The number of nitrogens with one attached hydrogen (secondary N) is 2. The summed E-state index contributed by atoms with van der Waals surface area (Å²) >= 11 is 0. The normalized spacial score (nSPS) is 14.1. The minimum Gasteiger partial charge on any atom is -0.378 e. The lowest BCUT2D eigenvalue weighted by molar-refractivity contribution is -0.116. The Morgan fingerprint density at radius 3 is 2.41 bits per heavy atom. The van der Waals surface area contributed by atoms with E-state index in [1.165, 1.54) is 0 Å². The van der Waals surface area contributed by atoms with Gasteiger partial charge in [0, 0.05) is 37.3 Å². The Morgan fingerprint density at radius 1 is 1.18 bits per heavy atom. The van der Waals surface area contributed by atoms with Gasteiger partial charge in [-0.3, -0.25) is 9.59 Å². The summed E-state index contributed by atoms with van der Waals surface area (Å²) in [7, 11) is 1.80. The zero-order valence-electron chi connectivity index (χ0n) is 12.6. The SMILES string of the molecule is CNCCC(=O)Nc1ccc(C(=O)N2CCOCC2)cc1.Cl. The first kappa shape index (κ1) is 18.4. The minimum absolute atomic E-state index is 0. The average molecular weight is 328 g/mol. The van der Waals surface area contributed by atoms with Crippen LogP contribution >= 0.6 is 12.4 Å². The molecule has 7 heteroatoms. The molecule has 6 nitrogen and oxygen atoms in total. The number of carbonyl (C=O) groups excluding carboxylic acids is 2. The van der Waals surface area contributed by atoms with Gasteiger partial charge in [-0.2, -0.15) is 0 Å². The molecule has 1 aliphatic rings. The van der Waals surface area contributed by atoms with Crippen LogP contribution in [0.3, 0.4) is 0 Å². The Morgan fingerprint density at radius 2 is 1.82 bits per heavy atom. The molecule has 1 aliphatic heterocycles. The van der Waals surface area contributed by atoms with Crippen LogP contribution < -0.4 is 10.6 Å². The molecule has 122 valence electrons. The van der Waals surface area contributed by atoms with Gasteiger partial charge in [-0.25, -0.2) is 0 Å². The van der Waals surface area contributed by atoms with E-state index in [0.29, 0.717) is 50.5 Å². The minimum atomic E-state index is -0.0448. The zero-order chi connectivity index (χ0) is 15.1. The van der Waals surface area contributed by atoms with E-state index in [2.05, 4.69) is 10.6 Å². The molecule has 2 rings (SSSR count). The molecule has 0 saturated carbocycles. The summed E-state index contributed by atoms with van der Waals surface area (Å²) in [6, 6.07) is 6.99. The Hall–Kier alpha value is -1.63. The second-order valence-corrected chi connectivity index (χ2v) is 4.88. The van der Waals surface area contributed by atoms with Gasteiger partial charge in [0.05, 0.1) is 13.2 Å². The van der Waals surface area contributed by atoms with E-state index >= 15 is 0 Å². The van der Waals surface area contributed by atoms with Crippen molar-refractivity contribution in [1.82, 2.24) is 10.2 Å². The summed E-state index contributed by atoms with van der Waals surface area (Å²) in [4.78, 5) is 25.6. The molecule has 1 saturated heterocycles. The van der Waals surface area contributed by atoms with Gasteiger partial charge in [-0.15, -0.1) is 12.4 Å². The monoisotopic (exact) mass is 327 g/mol. The lowest BCUT2D eigenvalue weighted by atomic mass is 10.1. The van der Waals surface area contributed by atoms with Gasteiger partial charge in [0.15, 0.2) is 0 Å². The van der Waals surface area contributed by atoms with Crippen LogP contribution in [-0.2, 0) is 9.53 Å². The molecule has 2 amide bonds. The van der Waals surface area contributed by atoms with Crippen molar-refractivity contribution in [3.8, 4) is 0 Å². The second kappa shape index (κ2) is 9.40. The van der Waals surface area contributed by atoms with Crippen LogP contribution in [0.5, 0.6) is 0 Å². The maximum Gasteiger partial charge on any atom is 0.254 e. The van der Waals surface area contributed by atoms with Crippen LogP contribution in [0.15, 0.2) is 24.3 Å². The number of hydrogen-bond acceptors (Lipinski definition) is 4. The average Bonchev–Trinajstić information content (AvgIpc) is 2.54. The van der Waals surface area contributed by atoms with Gasteiger partial charge < -0.3 is 20.3 Å². The van der Waals surface area contributed by atoms with Crippen LogP contribution in [0, 0.1) is 0 Å². The standard InChI is InChI=1S/C15H21N3O3.ClH/c1-16-7-6-14(19)17-13-4-2-12(3-5-13)15(20)18-8-10-21-11-9-18;/h2-5,16H,6-11H2,1H3,(H,17,19);1H. The fraction of sp³-hybridized carbons (Fsp3) is 0.467. The summed E-state index contributed by atoms with van der Waals surface area (Å²) in [6.45, 7) is 3.07. The van der Waals surface area contributed by atoms with Gasteiger partial charge in [0.1, 0.15) is 0 Å². The third-order valence-corrected chi connectivity index (χ3v) is 3.32. The molecule has 1 aromatic carbocycles. The van der Waals surface area contributed by atoms with E-state index in [4.69, 9.17) is 4.74 Å². The molecule has 22 heavy (non-hydrogen) atoms. The summed E-state index contributed by atoms with van der Waals surface area (Å²) in [5.74, 6) is -0.0389. The van der Waals surface area contributed by atoms with Crippen molar-refractivity contribution in [3.63, 3.8) is 0 Å². The van der Waals surface area contributed by atoms with Crippen LogP contribution in [0.25, 0.3) is 0 Å². The maximum absolute atomic E-state index is 12.2. The lowest BCUT2D eigenvalue weighted by Crippen LogP contribution is -2.40. The van der Waals surface area contributed by atoms with Crippen molar-refractivity contribution in [1.29, 1.82) is 0 Å². The molecule has 2 N–H and O–H groups in total. The molecule has 0 spiro atoms. The highest BCUT2D eigenvalue weighted by Crippen LogP contribution is 2.12. The molecule has 1 fully saturated rings. The number of anilines is 1.